The lowest BCUT2D eigenvalue weighted by Crippen LogP contribution is -2.27. The van der Waals surface area contributed by atoms with E-state index in [1.807, 2.05) is 7.05 Å². The Morgan fingerprint density at radius 2 is 1.83 bits per heavy atom. The fourth-order valence-electron chi connectivity index (χ4n) is 4.02. The number of rotatable bonds is 2. The maximum absolute atomic E-state index is 4.40. The lowest BCUT2D eigenvalue weighted by molar-refractivity contribution is 0.152. The second-order valence-electron chi connectivity index (χ2n) is 6.01. The zero-order chi connectivity index (χ0) is 12.5. The molecule has 2 aliphatic carbocycles. The van der Waals surface area contributed by atoms with Crippen LogP contribution in [0.3, 0.4) is 0 Å². The summed E-state index contributed by atoms with van der Waals surface area (Å²) in [5.74, 6) is 4.65. The van der Waals surface area contributed by atoms with E-state index in [0.29, 0.717) is 5.92 Å². The van der Waals surface area contributed by atoms with E-state index in [4.69, 9.17) is 0 Å². The molecule has 2 saturated carbocycles. The van der Waals surface area contributed by atoms with E-state index in [1.54, 1.807) is 0 Å². The molecule has 0 radical (unpaired) electrons. The second-order valence-corrected chi connectivity index (χ2v) is 6.01. The van der Waals surface area contributed by atoms with Crippen LogP contribution in [0.15, 0.2) is 0 Å². The summed E-state index contributed by atoms with van der Waals surface area (Å²) in [6, 6.07) is 0. The van der Waals surface area contributed by atoms with E-state index >= 15 is 0 Å². The van der Waals surface area contributed by atoms with Gasteiger partial charge in [0.1, 0.15) is 5.82 Å². The molecule has 2 fully saturated rings. The Hall–Kier alpha value is -1.06. The van der Waals surface area contributed by atoms with Crippen LogP contribution in [0.1, 0.15) is 56.7 Å². The van der Waals surface area contributed by atoms with Crippen molar-refractivity contribution < 1.29 is 0 Å². The normalized spacial score (nSPS) is 32.0. The third-order valence-corrected chi connectivity index (χ3v) is 5.04. The number of hydrogen-bond acceptors (Lipinski definition) is 3. The van der Waals surface area contributed by atoms with Crippen molar-refractivity contribution >= 4 is 5.95 Å². The highest BCUT2D eigenvalue weighted by Gasteiger charge is 2.34. The first-order valence-corrected chi connectivity index (χ1v) is 7.36. The van der Waals surface area contributed by atoms with E-state index < -0.39 is 0 Å². The van der Waals surface area contributed by atoms with Gasteiger partial charge in [0.25, 0.3) is 0 Å². The number of hydrogen-bond donors (Lipinski definition) is 1. The molecule has 1 heterocycles. The van der Waals surface area contributed by atoms with E-state index in [-0.39, 0.29) is 0 Å². The molecule has 18 heavy (non-hydrogen) atoms. The monoisotopic (exact) mass is 248 g/mol. The fraction of sp³-hybridized carbons (Fsp3) is 0.857. The molecule has 4 heteroatoms. The minimum Gasteiger partial charge on any atom is -0.357 e. The third kappa shape index (κ3) is 2.02. The van der Waals surface area contributed by atoms with Crippen molar-refractivity contribution in [2.75, 3.05) is 12.4 Å². The van der Waals surface area contributed by atoms with Gasteiger partial charge in [-0.05, 0) is 31.1 Å². The minimum absolute atomic E-state index is 0.629. The number of nitrogens with one attached hydrogen (secondary N) is 1. The molecule has 3 rings (SSSR count). The number of nitrogens with zero attached hydrogens (tertiary/aromatic N) is 3. The summed E-state index contributed by atoms with van der Waals surface area (Å²) >= 11 is 0. The van der Waals surface area contributed by atoms with Gasteiger partial charge in [-0.25, -0.2) is 0 Å². The number of fused-ring (bicyclic) bond motifs is 1. The zero-order valence-electron chi connectivity index (χ0n) is 11.5. The molecule has 0 amide bonds. The fourth-order valence-corrected chi connectivity index (χ4v) is 4.02. The van der Waals surface area contributed by atoms with Crippen molar-refractivity contribution in [1.82, 2.24) is 14.8 Å². The highest BCUT2D eigenvalue weighted by molar-refractivity contribution is 5.25. The average Bonchev–Trinajstić information content (AvgIpc) is 2.79. The van der Waals surface area contributed by atoms with Crippen LogP contribution in [-0.2, 0) is 7.05 Å². The van der Waals surface area contributed by atoms with Gasteiger partial charge in [0.05, 0.1) is 0 Å². The van der Waals surface area contributed by atoms with Gasteiger partial charge < -0.3 is 9.88 Å². The third-order valence-electron chi connectivity index (χ3n) is 5.04. The van der Waals surface area contributed by atoms with Gasteiger partial charge in [-0.3, -0.25) is 0 Å². The van der Waals surface area contributed by atoms with E-state index in [0.717, 1.165) is 17.8 Å². The van der Waals surface area contributed by atoms with Crippen LogP contribution in [0.4, 0.5) is 5.95 Å². The first-order valence-electron chi connectivity index (χ1n) is 7.36. The van der Waals surface area contributed by atoms with Crippen molar-refractivity contribution in [1.29, 1.82) is 0 Å². The molecule has 1 aromatic rings. The van der Waals surface area contributed by atoms with Gasteiger partial charge in [-0.1, -0.05) is 25.7 Å². The maximum Gasteiger partial charge on any atom is 0.224 e. The van der Waals surface area contributed by atoms with Crippen LogP contribution in [0.2, 0.25) is 0 Å². The van der Waals surface area contributed by atoms with Crippen LogP contribution in [0.5, 0.6) is 0 Å². The molecule has 3 unspecified atom stereocenters. The van der Waals surface area contributed by atoms with Crippen LogP contribution in [0, 0.1) is 11.8 Å². The highest BCUT2D eigenvalue weighted by atomic mass is 15.3. The molecule has 0 saturated heterocycles. The molecule has 0 aliphatic heterocycles. The van der Waals surface area contributed by atoms with Crippen molar-refractivity contribution in [2.24, 2.45) is 18.9 Å². The van der Waals surface area contributed by atoms with Crippen molar-refractivity contribution in [3.63, 3.8) is 0 Å². The van der Waals surface area contributed by atoms with E-state index in [9.17, 15) is 0 Å². The summed E-state index contributed by atoms with van der Waals surface area (Å²) in [5.41, 5.74) is 0. The molecular formula is C14H24N4. The molecule has 2 aliphatic rings. The van der Waals surface area contributed by atoms with Gasteiger partial charge in [0, 0.05) is 20.0 Å². The second kappa shape index (κ2) is 4.90. The van der Waals surface area contributed by atoms with Crippen LogP contribution in [-0.4, -0.2) is 21.8 Å². The first-order chi connectivity index (χ1) is 8.79. The molecule has 0 bridgehead atoms. The highest BCUT2D eigenvalue weighted by Crippen LogP contribution is 2.45. The topological polar surface area (TPSA) is 42.7 Å². The molecule has 0 aromatic carbocycles. The SMILES string of the molecule is CNc1nnc(C2CCC3CCCCC3C2)n1C. The molecule has 4 nitrogen and oxygen atoms in total. The summed E-state index contributed by atoms with van der Waals surface area (Å²) in [7, 11) is 3.99. The number of aromatic nitrogens is 3. The zero-order valence-corrected chi connectivity index (χ0v) is 11.5. The Bertz CT molecular complexity index is 412. The number of anilines is 1. The summed E-state index contributed by atoms with van der Waals surface area (Å²) in [6.07, 6.45) is 9.85. The van der Waals surface area contributed by atoms with Crippen LogP contribution in [0.25, 0.3) is 0 Å². The largest absolute Gasteiger partial charge is 0.357 e. The van der Waals surface area contributed by atoms with Gasteiger partial charge in [-0.2, -0.15) is 0 Å². The smallest absolute Gasteiger partial charge is 0.224 e. The van der Waals surface area contributed by atoms with Crippen molar-refractivity contribution in [2.45, 2.75) is 50.9 Å². The van der Waals surface area contributed by atoms with E-state index in [1.165, 1.54) is 50.8 Å². The lowest BCUT2D eigenvalue weighted by Gasteiger charge is -2.38. The predicted molar refractivity (Wildman–Crippen MR) is 72.6 cm³/mol. The average molecular weight is 248 g/mol. The maximum atomic E-state index is 4.40. The predicted octanol–water partition coefficient (Wildman–Crippen LogP) is 2.93. The summed E-state index contributed by atoms with van der Waals surface area (Å²) < 4.78 is 2.13. The standard InChI is InChI=1S/C14H24N4/c1-15-14-17-16-13(18(14)2)12-8-7-10-5-3-4-6-11(10)9-12/h10-12H,3-9H2,1-2H3,(H,15,17). The minimum atomic E-state index is 0.629. The Labute approximate surface area is 109 Å². The van der Waals surface area contributed by atoms with Crippen molar-refractivity contribution in [3.8, 4) is 0 Å². The molecule has 1 N–H and O–H groups in total. The quantitative estimate of drug-likeness (QED) is 0.875. The van der Waals surface area contributed by atoms with Crippen molar-refractivity contribution in [3.05, 3.63) is 5.82 Å². The summed E-state index contributed by atoms with van der Waals surface area (Å²) in [6.45, 7) is 0. The van der Waals surface area contributed by atoms with Crippen LogP contribution >= 0.6 is 0 Å². The molecular weight excluding hydrogens is 224 g/mol. The Morgan fingerprint density at radius 3 is 2.56 bits per heavy atom. The van der Waals surface area contributed by atoms with Gasteiger partial charge >= 0.3 is 0 Å². The lowest BCUT2D eigenvalue weighted by atomic mass is 9.67. The molecule has 100 valence electrons. The summed E-state index contributed by atoms with van der Waals surface area (Å²) in [5, 5.41) is 11.7. The summed E-state index contributed by atoms with van der Waals surface area (Å²) in [4.78, 5) is 0. The van der Waals surface area contributed by atoms with Gasteiger partial charge in [-0.15, -0.1) is 10.2 Å². The molecule has 1 aromatic heterocycles. The van der Waals surface area contributed by atoms with Crippen LogP contribution < -0.4 is 5.32 Å². The Kier molecular flexibility index (Phi) is 3.27. The first kappa shape index (κ1) is 12.0. The Morgan fingerprint density at radius 1 is 1.06 bits per heavy atom. The van der Waals surface area contributed by atoms with Gasteiger partial charge in [0.2, 0.25) is 5.95 Å². The van der Waals surface area contributed by atoms with Gasteiger partial charge in [0.15, 0.2) is 0 Å². The van der Waals surface area contributed by atoms with E-state index in [2.05, 4.69) is 27.1 Å². The molecule has 3 atom stereocenters. The Balaban J connectivity index is 1.75. The molecule has 0 spiro atoms.